The van der Waals surface area contributed by atoms with Crippen LogP contribution in [0.2, 0.25) is 5.02 Å². The highest BCUT2D eigenvalue weighted by molar-refractivity contribution is 7.92. The molecule has 1 N–H and O–H groups in total. The van der Waals surface area contributed by atoms with Gasteiger partial charge in [-0.2, -0.15) is 5.10 Å². The Labute approximate surface area is 222 Å². The van der Waals surface area contributed by atoms with Crippen molar-refractivity contribution in [1.82, 2.24) is 9.99 Å². The number of halogens is 1. The van der Waals surface area contributed by atoms with Gasteiger partial charge in [-0.1, -0.05) is 48.0 Å². The van der Waals surface area contributed by atoms with E-state index in [-0.39, 0.29) is 4.90 Å². The molecule has 0 fully saturated rings. The number of nitrogens with one attached hydrogen (secondary N) is 1. The van der Waals surface area contributed by atoms with Gasteiger partial charge < -0.3 is 4.57 Å². The van der Waals surface area contributed by atoms with E-state index in [4.69, 9.17) is 11.6 Å². The minimum atomic E-state index is -4.03. The van der Waals surface area contributed by atoms with E-state index in [0.29, 0.717) is 16.3 Å². The zero-order valence-corrected chi connectivity index (χ0v) is 22.3. The fraction of sp³-hybridized carbons (Fsp3) is 0.143. The summed E-state index contributed by atoms with van der Waals surface area (Å²) in [6.45, 7) is 5.25. The lowest BCUT2D eigenvalue weighted by Crippen LogP contribution is -2.40. The second kappa shape index (κ2) is 11.0. The van der Waals surface area contributed by atoms with E-state index in [1.54, 1.807) is 49.5 Å². The van der Waals surface area contributed by atoms with Crippen LogP contribution in [0.3, 0.4) is 0 Å². The molecular formula is C28H27ClN4O3S. The van der Waals surface area contributed by atoms with Gasteiger partial charge in [0.25, 0.3) is 15.9 Å². The number of hydrogen-bond acceptors (Lipinski definition) is 4. The number of amides is 1. The summed E-state index contributed by atoms with van der Waals surface area (Å²) in [5.74, 6) is -0.582. The van der Waals surface area contributed by atoms with Gasteiger partial charge in [-0.05, 0) is 74.9 Å². The summed E-state index contributed by atoms with van der Waals surface area (Å²) in [6, 6.07) is 24.7. The van der Waals surface area contributed by atoms with Gasteiger partial charge in [0.1, 0.15) is 6.54 Å². The molecule has 0 unspecified atom stereocenters. The standard InChI is InChI=1S/C28H27ClN4O3S/c1-20-16-24(29)14-15-27(20)32(37(35,36)26-12-8-5-9-13-26)19-28(34)31-30-18-23-17-21(2)33(22(23)3)25-10-6-4-7-11-25/h4-18H,19H2,1-3H3,(H,31,34)/b30-18-. The molecule has 1 aromatic heterocycles. The van der Waals surface area contributed by atoms with Gasteiger partial charge in [-0.25, -0.2) is 13.8 Å². The summed E-state index contributed by atoms with van der Waals surface area (Å²) in [7, 11) is -4.03. The average molecular weight is 535 g/mol. The molecule has 37 heavy (non-hydrogen) atoms. The summed E-state index contributed by atoms with van der Waals surface area (Å²) >= 11 is 6.08. The van der Waals surface area contributed by atoms with Crippen molar-refractivity contribution in [3.8, 4) is 5.69 Å². The number of aromatic nitrogens is 1. The second-order valence-electron chi connectivity index (χ2n) is 8.55. The Balaban J connectivity index is 1.57. The highest BCUT2D eigenvalue weighted by Gasteiger charge is 2.28. The first kappa shape index (κ1) is 26.2. The molecule has 0 saturated carbocycles. The lowest BCUT2D eigenvalue weighted by Gasteiger charge is -2.25. The fourth-order valence-corrected chi connectivity index (χ4v) is 5.88. The third-order valence-corrected chi connectivity index (χ3v) is 7.93. The van der Waals surface area contributed by atoms with Crippen molar-refractivity contribution in [1.29, 1.82) is 0 Å². The number of para-hydroxylation sites is 1. The maximum Gasteiger partial charge on any atom is 0.264 e. The van der Waals surface area contributed by atoms with Crippen LogP contribution in [0.15, 0.2) is 94.9 Å². The van der Waals surface area contributed by atoms with Crippen molar-refractivity contribution in [2.24, 2.45) is 5.10 Å². The lowest BCUT2D eigenvalue weighted by molar-refractivity contribution is -0.119. The highest BCUT2D eigenvalue weighted by Crippen LogP contribution is 2.28. The molecular weight excluding hydrogens is 508 g/mol. The van der Waals surface area contributed by atoms with E-state index >= 15 is 0 Å². The van der Waals surface area contributed by atoms with Crippen LogP contribution < -0.4 is 9.73 Å². The number of hydrogen-bond donors (Lipinski definition) is 1. The monoisotopic (exact) mass is 534 g/mol. The topological polar surface area (TPSA) is 83.8 Å². The molecule has 0 aliphatic heterocycles. The van der Waals surface area contributed by atoms with E-state index in [0.717, 1.165) is 26.9 Å². The maximum atomic E-state index is 13.5. The average Bonchev–Trinajstić information content (AvgIpc) is 3.16. The smallest absolute Gasteiger partial charge is 0.264 e. The Bertz CT molecular complexity index is 1550. The van der Waals surface area contributed by atoms with E-state index in [9.17, 15) is 13.2 Å². The molecule has 4 rings (SSSR count). The van der Waals surface area contributed by atoms with Gasteiger partial charge in [0, 0.05) is 27.7 Å². The zero-order chi connectivity index (χ0) is 26.6. The van der Waals surface area contributed by atoms with Crippen LogP contribution in [0.5, 0.6) is 0 Å². The molecule has 3 aromatic carbocycles. The van der Waals surface area contributed by atoms with Gasteiger partial charge in [-0.3, -0.25) is 9.10 Å². The molecule has 190 valence electrons. The number of carbonyl (C=O) groups excluding carboxylic acids is 1. The molecule has 0 aliphatic rings. The number of anilines is 1. The van der Waals surface area contributed by atoms with E-state index < -0.39 is 22.5 Å². The van der Waals surface area contributed by atoms with Crippen molar-refractivity contribution in [3.63, 3.8) is 0 Å². The lowest BCUT2D eigenvalue weighted by atomic mass is 10.2. The molecule has 7 nitrogen and oxygen atoms in total. The molecule has 0 saturated heterocycles. The van der Waals surface area contributed by atoms with Gasteiger partial charge >= 0.3 is 0 Å². The number of aryl methyl sites for hydroxylation is 2. The third kappa shape index (κ3) is 5.76. The molecule has 1 heterocycles. The molecule has 0 atom stereocenters. The second-order valence-corrected chi connectivity index (χ2v) is 10.8. The number of nitrogens with zero attached hydrogens (tertiary/aromatic N) is 3. The van der Waals surface area contributed by atoms with Gasteiger partial charge in [0.2, 0.25) is 0 Å². The van der Waals surface area contributed by atoms with Gasteiger partial charge in [-0.15, -0.1) is 0 Å². The van der Waals surface area contributed by atoms with Crippen molar-refractivity contribution >= 4 is 39.4 Å². The summed E-state index contributed by atoms with van der Waals surface area (Å²) in [6.07, 6.45) is 1.56. The minimum absolute atomic E-state index is 0.0778. The van der Waals surface area contributed by atoms with Crippen molar-refractivity contribution in [2.75, 3.05) is 10.8 Å². The summed E-state index contributed by atoms with van der Waals surface area (Å²) < 4.78 is 30.2. The number of rotatable bonds is 8. The van der Waals surface area contributed by atoms with Crippen LogP contribution in [-0.2, 0) is 14.8 Å². The Hall–Kier alpha value is -3.88. The van der Waals surface area contributed by atoms with Crippen LogP contribution in [-0.4, -0.2) is 31.7 Å². The Kier molecular flexibility index (Phi) is 7.80. The van der Waals surface area contributed by atoms with Crippen LogP contribution >= 0.6 is 11.6 Å². The maximum absolute atomic E-state index is 13.5. The molecule has 9 heteroatoms. The van der Waals surface area contributed by atoms with Crippen LogP contribution in [0.25, 0.3) is 5.69 Å². The van der Waals surface area contributed by atoms with Crippen molar-refractivity contribution in [3.05, 3.63) is 112 Å². The fourth-order valence-electron chi connectivity index (χ4n) is 4.15. The van der Waals surface area contributed by atoms with E-state index in [1.165, 1.54) is 12.1 Å². The first-order valence-corrected chi connectivity index (χ1v) is 13.4. The van der Waals surface area contributed by atoms with Crippen LogP contribution in [0.4, 0.5) is 5.69 Å². The zero-order valence-electron chi connectivity index (χ0n) is 20.7. The first-order chi connectivity index (χ1) is 17.7. The molecule has 0 bridgehead atoms. The van der Waals surface area contributed by atoms with Crippen molar-refractivity contribution < 1.29 is 13.2 Å². The highest BCUT2D eigenvalue weighted by atomic mass is 35.5. The van der Waals surface area contributed by atoms with Crippen LogP contribution in [0, 0.1) is 20.8 Å². The molecule has 1 amide bonds. The predicted molar refractivity (Wildman–Crippen MR) is 148 cm³/mol. The molecule has 0 aliphatic carbocycles. The number of benzene rings is 3. The Morgan fingerprint density at radius 2 is 1.62 bits per heavy atom. The normalized spacial score (nSPS) is 11.6. The van der Waals surface area contributed by atoms with E-state index in [1.807, 2.05) is 50.2 Å². The number of sulfonamides is 1. The first-order valence-electron chi connectivity index (χ1n) is 11.6. The number of hydrazone groups is 1. The minimum Gasteiger partial charge on any atom is -0.318 e. The number of carbonyl (C=O) groups is 1. The van der Waals surface area contributed by atoms with Gasteiger partial charge in [0.05, 0.1) is 16.8 Å². The SMILES string of the molecule is Cc1cc(Cl)ccc1N(CC(=O)N/N=C\c1cc(C)n(-c2ccccc2)c1C)S(=O)(=O)c1ccccc1. The summed E-state index contributed by atoms with van der Waals surface area (Å²) in [4.78, 5) is 13.0. The summed E-state index contributed by atoms with van der Waals surface area (Å²) in [5.41, 5.74) is 7.31. The Morgan fingerprint density at radius 3 is 2.27 bits per heavy atom. The van der Waals surface area contributed by atoms with Crippen molar-refractivity contribution in [2.45, 2.75) is 25.7 Å². The molecule has 0 spiro atoms. The Morgan fingerprint density at radius 1 is 0.973 bits per heavy atom. The van der Waals surface area contributed by atoms with Gasteiger partial charge in [0.15, 0.2) is 0 Å². The molecule has 0 radical (unpaired) electrons. The third-order valence-electron chi connectivity index (χ3n) is 5.92. The van der Waals surface area contributed by atoms with Crippen LogP contribution in [0.1, 0.15) is 22.5 Å². The largest absolute Gasteiger partial charge is 0.318 e. The van der Waals surface area contributed by atoms with E-state index in [2.05, 4.69) is 15.1 Å². The predicted octanol–water partition coefficient (Wildman–Crippen LogP) is 5.40. The molecule has 4 aromatic rings. The summed E-state index contributed by atoms with van der Waals surface area (Å²) in [5, 5.41) is 4.58. The quantitative estimate of drug-likeness (QED) is 0.242.